The van der Waals surface area contributed by atoms with E-state index in [4.69, 9.17) is 0 Å². The van der Waals surface area contributed by atoms with E-state index in [0.29, 0.717) is 6.54 Å². The number of carbonyl (C=O) groups is 1. The number of rotatable bonds is 5. The van der Waals surface area contributed by atoms with Gasteiger partial charge in [-0.05, 0) is 24.3 Å². The van der Waals surface area contributed by atoms with Gasteiger partial charge in [0.1, 0.15) is 5.65 Å². The maximum absolute atomic E-state index is 12.2. The molecule has 1 atom stereocenters. The van der Waals surface area contributed by atoms with Crippen molar-refractivity contribution < 1.29 is 4.79 Å². The Morgan fingerprint density at radius 3 is 2.88 bits per heavy atom. The number of thiazole rings is 1. The number of carbonyl (C=O) groups excluding carboxylic acids is 1. The van der Waals surface area contributed by atoms with Crippen molar-refractivity contribution in [1.82, 2.24) is 19.7 Å². The Labute approximate surface area is 149 Å². The van der Waals surface area contributed by atoms with Crippen LogP contribution >= 0.6 is 11.3 Å². The Morgan fingerprint density at radius 2 is 2.04 bits per heavy atom. The number of fused-ring (bicyclic) bond motifs is 2. The minimum Gasteiger partial charge on any atom is -0.355 e. The lowest BCUT2D eigenvalue weighted by Crippen LogP contribution is -2.28. The normalized spacial score (nSPS) is 12.5. The second-order valence-corrected chi connectivity index (χ2v) is 7.16. The van der Waals surface area contributed by atoms with Gasteiger partial charge in [-0.2, -0.15) is 0 Å². The van der Waals surface area contributed by atoms with Gasteiger partial charge in [-0.1, -0.05) is 25.1 Å². The highest BCUT2D eigenvalue weighted by Crippen LogP contribution is 2.26. The topological polar surface area (TPSA) is 59.3 Å². The van der Waals surface area contributed by atoms with Gasteiger partial charge >= 0.3 is 0 Å². The Balaban J connectivity index is 1.37. The van der Waals surface area contributed by atoms with E-state index in [-0.39, 0.29) is 18.2 Å². The molecule has 25 heavy (non-hydrogen) atoms. The van der Waals surface area contributed by atoms with Crippen LogP contribution in [0.1, 0.15) is 23.5 Å². The molecule has 0 bridgehead atoms. The molecule has 0 aliphatic rings. The first-order valence-electron chi connectivity index (χ1n) is 8.24. The van der Waals surface area contributed by atoms with Gasteiger partial charge < -0.3 is 9.72 Å². The summed E-state index contributed by atoms with van der Waals surface area (Å²) in [7, 11) is 0. The monoisotopic (exact) mass is 350 g/mol. The number of para-hydroxylation sites is 1. The van der Waals surface area contributed by atoms with E-state index in [1.54, 1.807) is 11.3 Å². The van der Waals surface area contributed by atoms with E-state index in [0.717, 1.165) is 21.9 Å². The predicted octanol–water partition coefficient (Wildman–Crippen LogP) is 3.41. The second-order valence-electron chi connectivity index (χ2n) is 6.10. The van der Waals surface area contributed by atoms with Crippen molar-refractivity contribution in [3.8, 4) is 0 Å². The van der Waals surface area contributed by atoms with Gasteiger partial charge in [0, 0.05) is 24.9 Å². The fraction of sp³-hybridized carbons (Fsp3) is 0.211. The number of imidazole rings is 1. The highest BCUT2D eigenvalue weighted by molar-refractivity contribution is 7.18. The molecule has 6 heteroatoms. The van der Waals surface area contributed by atoms with Crippen LogP contribution in [0.25, 0.3) is 15.9 Å². The molecule has 0 aliphatic carbocycles. The largest absolute Gasteiger partial charge is 0.355 e. The van der Waals surface area contributed by atoms with E-state index >= 15 is 0 Å². The van der Waals surface area contributed by atoms with E-state index in [1.165, 1.54) is 4.70 Å². The van der Waals surface area contributed by atoms with Gasteiger partial charge in [-0.25, -0.2) is 9.97 Å². The molecule has 0 spiro atoms. The molecule has 4 aromatic rings. The van der Waals surface area contributed by atoms with Crippen molar-refractivity contribution in [2.24, 2.45) is 0 Å². The Morgan fingerprint density at radius 1 is 1.20 bits per heavy atom. The van der Waals surface area contributed by atoms with Crippen LogP contribution < -0.4 is 5.32 Å². The molecule has 0 radical (unpaired) electrons. The number of pyridine rings is 1. The summed E-state index contributed by atoms with van der Waals surface area (Å²) >= 11 is 1.69. The second kappa shape index (κ2) is 6.64. The van der Waals surface area contributed by atoms with Crippen LogP contribution in [0.2, 0.25) is 0 Å². The Kier molecular flexibility index (Phi) is 4.19. The maximum Gasteiger partial charge on any atom is 0.226 e. The quantitative estimate of drug-likeness (QED) is 0.600. The molecule has 1 aromatic carbocycles. The summed E-state index contributed by atoms with van der Waals surface area (Å²) in [6.45, 7) is 2.66. The summed E-state index contributed by atoms with van der Waals surface area (Å²) in [5, 5.41) is 4.05. The molecular weight excluding hydrogens is 332 g/mol. The molecule has 5 nitrogen and oxygen atoms in total. The zero-order chi connectivity index (χ0) is 17.2. The zero-order valence-corrected chi connectivity index (χ0v) is 14.7. The van der Waals surface area contributed by atoms with Gasteiger partial charge in [0.2, 0.25) is 5.91 Å². The average Bonchev–Trinajstić information content (AvgIpc) is 3.22. The zero-order valence-electron chi connectivity index (χ0n) is 13.8. The Bertz CT molecular complexity index is 970. The van der Waals surface area contributed by atoms with Crippen LogP contribution in [-0.2, 0) is 11.2 Å². The van der Waals surface area contributed by atoms with Gasteiger partial charge in [0.05, 0.1) is 27.3 Å². The van der Waals surface area contributed by atoms with Gasteiger partial charge in [-0.3, -0.25) is 4.79 Å². The lowest BCUT2D eigenvalue weighted by atomic mass is 10.2. The molecule has 0 saturated heterocycles. The van der Waals surface area contributed by atoms with Gasteiger partial charge in [-0.15, -0.1) is 11.3 Å². The lowest BCUT2D eigenvalue weighted by Gasteiger charge is -2.09. The minimum atomic E-state index is -0.0173. The molecule has 3 aromatic heterocycles. The third-order valence-electron chi connectivity index (χ3n) is 4.09. The van der Waals surface area contributed by atoms with Crippen molar-refractivity contribution in [1.29, 1.82) is 0 Å². The van der Waals surface area contributed by atoms with Crippen molar-refractivity contribution in [2.75, 3.05) is 6.54 Å². The van der Waals surface area contributed by atoms with Gasteiger partial charge in [0.15, 0.2) is 0 Å². The number of benzene rings is 1. The molecular formula is C19H18N4OS. The van der Waals surface area contributed by atoms with E-state index in [2.05, 4.69) is 28.3 Å². The molecule has 0 aliphatic heterocycles. The molecule has 0 fully saturated rings. The Hall–Kier alpha value is -2.73. The summed E-state index contributed by atoms with van der Waals surface area (Å²) < 4.78 is 3.10. The number of hydrogen-bond acceptors (Lipinski definition) is 4. The number of aromatic nitrogens is 3. The minimum absolute atomic E-state index is 0.0173. The van der Waals surface area contributed by atoms with E-state index in [9.17, 15) is 4.79 Å². The SMILES string of the molecule is CC(CNC(=O)Cc1cn2ccccc2n1)c1nc2ccccc2s1. The summed E-state index contributed by atoms with van der Waals surface area (Å²) in [6.07, 6.45) is 4.11. The van der Waals surface area contributed by atoms with Crippen molar-refractivity contribution >= 4 is 33.1 Å². The summed E-state index contributed by atoms with van der Waals surface area (Å²) in [5.74, 6) is 0.166. The van der Waals surface area contributed by atoms with Crippen LogP contribution in [-0.4, -0.2) is 26.8 Å². The number of hydrogen-bond donors (Lipinski definition) is 1. The standard InChI is InChI=1S/C19H18N4OS/c1-13(19-22-15-6-2-3-7-16(15)25-19)11-20-18(24)10-14-12-23-9-5-4-8-17(23)21-14/h2-9,12-13H,10-11H2,1H3,(H,20,24). The maximum atomic E-state index is 12.2. The predicted molar refractivity (Wildman–Crippen MR) is 99.9 cm³/mol. The molecule has 1 N–H and O–H groups in total. The number of nitrogens with one attached hydrogen (secondary N) is 1. The fourth-order valence-corrected chi connectivity index (χ4v) is 3.77. The molecule has 1 unspecified atom stereocenters. The van der Waals surface area contributed by atoms with E-state index in [1.807, 2.05) is 53.2 Å². The highest BCUT2D eigenvalue weighted by Gasteiger charge is 2.13. The van der Waals surface area contributed by atoms with Crippen LogP contribution in [0.5, 0.6) is 0 Å². The van der Waals surface area contributed by atoms with Crippen molar-refractivity contribution in [2.45, 2.75) is 19.3 Å². The first kappa shape index (κ1) is 15.8. The molecule has 3 heterocycles. The molecule has 126 valence electrons. The third kappa shape index (κ3) is 3.39. The van der Waals surface area contributed by atoms with Crippen molar-refractivity contribution in [3.63, 3.8) is 0 Å². The first-order valence-corrected chi connectivity index (χ1v) is 9.05. The highest BCUT2D eigenvalue weighted by atomic mass is 32.1. The van der Waals surface area contributed by atoms with Gasteiger partial charge in [0.25, 0.3) is 0 Å². The summed E-state index contributed by atoms with van der Waals surface area (Å²) in [4.78, 5) is 21.3. The van der Waals surface area contributed by atoms with Crippen LogP contribution in [0.4, 0.5) is 0 Å². The number of nitrogens with zero attached hydrogens (tertiary/aromatic N) is 3. The summed E-state index contributed by atoms with van der Waals surface area (Å²) in [6, 6.07) is 13.9. The molecule has 1 amide bonds. The van der Waals surface area contributed by atoms with Crippen LogP contribution in [0.15, 0.2) is 54.9 Å². The van der Waals surface area contributed by atoms with Crippen LogP contribution in [0.3, 0.4) is 0 Å². The smallest absolute Gasteiger partial charge is 0.226 e. The molecule has 4 rings (SSSR count). The van der Waals surface area contributed by atoms with E-state index < -0.39 is 0 Å². The summed E-state index contributed by atoms with van der Waals surface area (Å²) in [5.41, 5.74) is 2.65. The molecule has 0 saturated carbocycles. The lowest BCUT2D eigenvalue weighted by molar-refractivity contribution is -0.120. The third-order valence-corrected chi connectivity index (χ3v) is 5.36. The van der Waals surface area contributed by atoms with Crippen molar-refractivity contribution in [3.05, 3.63) is 65.6 Å². The fourth-order valence-electron chi connectivity index (χ4n) is 2.75. The number of amides is 1. The average molecular weight is 350 g/mol. The van der Waals surface area contributed by atoms with Crippen LogP contribution in [0, 0.1) is 0 Å². The first-order chi connectivity index (χ1) is 12.2.